The van der Waals surface area contributed by atoms with Crippen LogP contribution in [0.1, 0.15) is 22.8 Å². The van der Waals surface area contributed by atoms with Gasteiger partial charge in [-0.25, -0.2) is 0 Å². The van der Waals surface area contributed by atoms with Crippen LogP contribution in [-0.2, 0) is 11.2 Å². The van der Waals surface area contributed by atoms with E-state index in [1.807, 2.05) is 12.1 Å². The number of aromatic nitrogens is 2. The van der Waals surface area contributed by atoms with Gasteiger partial charge >= 0.3 is 0 Å². The summed E-state index contributed by atoms with van der Waals surface area (Å²) in [5, 5.41) is 25.4. The lowest BCUT2D eigenvalue weighted by Gasteiger charge is -2.06. The molecule has 0 spiro atoms. The maximum absolute atomic E-state index is 12.0. The summed E-state index contributed by atoms with van der Waals surface area (Å²) in [6.45, 7) is 2.11. The average Bonchev–Trinajstić information content (AvgIpc) is 3.15. The third-order valence-electron chi connectivity index (χ3n) is 3.75. The van der Waals surface area contributed by atoms with Crippen LogP contribution in [0.2, 0.25) is 0 Å². The molecular weight excluding hydrogens is 396 g/mol. The number of nitrogens with one attached hydrogen (secondary N) is 2. The van der Waals surface area contributed by atoms with Crippen molar-refractivity contribution in [2.75, 3.05) is 16.4 Å². The van der Waals surface area contributed by atoms with Crippen LogP contribution in [-0.4, -0.2) is 27.8 Å². The number of carbonyl (C=O) groups is 2. The first kappa shape index (κ1) is 19.8. The molecule has 2 aromatic carbocycles. The molecule has 7 nitrogen and oxygen atoms in total. The molecule has 0 atom stereocenters. The number of carboxylic acid groups (broad SMARTS) is 1. The van der Waals surface area contributed by atoms with Gasteiger partial charge in [0.05, 0.1) is 11.7 Å². The Hall–Kier alpha value is -2.91. The summed E-state index contributed by atoms with van der Waals surface area (Å²) < 4.78 is 0.676. The smallest absolute Gasteiger partial charge is 0.234 e. The van der Waals surface area contributed by atoms with Crippen LogP contribution in [0.4, 0.5) is 16.5 Å². The molecule has 0 fully saturated rings. The minimum Gasteiger partial charge on any atom is -0.545 e. The number of aryl methyl sites for hydroxylation is 1. The zero-order valence-corrected chi connectivity index (χ0v) is 16.6. The molecule has 3 rings (SSSR count). The topological polar surface area (TPSA) is 107 Å². The van der Waals surface area contributed by atoms with Crippen molar-refractivity contribution in [2.45, 2.75) is 17.7 Å². The van der Waals surface area contributed by atoms with Crippen LogP contribution in [0, 0.1) is 0 Å². The quantitative estimate of drug-likeness (QED) is 0.547. The molecular formula is C19H17N4O3S2-. The summed E-state index contributed by atoms with van der Waals surface area (Å²) in [5.74, 6) is -1.30. The number of thioether (sulfide) groups is 1. The van der Waals surface area contributed by atoms with Crippen molar-refractivity contribution in [3.05, 3.63) is 59.7 Å². The molecule has 0 aliphatic rings. The number of benzene rings is 2. The van der Waals surface area contributed by atoms with Crippen LogP contribution in [0.15, 0.2) is 52.9 Å². The molecule has 144 valence electrons. The molecule has 9 heteroatoms. The van der Waals surface area contributed by atoms with E-state index in [1.165, 1.54) is 52.9 Å². The van der Waals surface area contributed by atoms with E-state index in [2.05, 4.69) is 39.9 Å². The van der Waals surface area contributed by atoms with E-state index in [4.69, 9.17) is 0 Å². The molecule has 1 aromatic heterocycles. The predicted molar refractivity (Wildman–Crippen MR) is 109 cm³/mol. The summed E-state index contributed by atoms with van der Waals surface area (Å²) in [7, 11) is 0. The van der Waals surface area contributed by atoms with Gasteiger partial charge in [0.15, 0.2) is 4.34 Å². The molecule has 2 N–H and O–H groups in total. The number of nitrogens with zero attached hydrogens (tertiary/aromatic N) is 2. The molecule has 0 unspecified atom stereocenters. The third-order valence-corrected chi connectivity index (χ3v) is 5.72. The average molecular weight is 414 g/mol. The Bertz CT molecular complexity index is 956. The standard InChI is InChI=1S/C19H18N4O3S2/c1-2-12-3-7-15(8-4-12)21-18-22-23-19(28-18)27-11-16(24)20-14-9-5-13(6-10-14)17(25)26/h3-10H,2,11H2,1H3,(H,20,24)(H,21,22)(H,25,26)/p-1. The van der Waals surface area contributed by atoms with Crippen molar-refractivity contribution < 1.29 is 14.7 Å². The Morgan fingerprint density at radius 2 is 1.71 bits per heavy atom. The zero-order chi connectivity index (χ0) is 19.9. The van der Waals surface area contributed by atoms with E-state index in [9.17, 15) is 14.7 Å². The molecule has 3 aromatic rings. The van der Waals surface area contributed by atoms with Gasteiger partial charge in [0.25, 0.3) is 0 Å². The molecule has 0 saturated heterocycles. The summed E-state index contributed by atoms with van der Waals surface area (Å²) >= 11 is 2.65. The number of hydrogen-bond acceptors (Lipinski definition) is 8. The molecule has 28 heavy (non-hydrogen) atoms. The van der Waals surface area contributed by atoms with E-state index < -0.39 is 5.97 Å². The van der Waals surface area contributed by atoms with Crippen molar-refractivity contribution in [2.24, 2.45) is 0 Å². The Morgan fingerprint density at radius 1 is 1.04 bits per heavy atom. The number of carbonyl (C=O) groups excluding carboxylic acids is 2. The first-order valence-electron chi connectivity index (χ1n) is 8.47. The van der Waals surface area contributed by atoms with Crippen molar-refractivity contribution in [3.63, 3.8) is 0 Å². The fourth-order valence-corrected chi connectivity index (χ4v) is 3.85. The SMILES string of the molecule is CCc1ccc(Nc2nnc(SCC(=O)Nc3ccc(C(=O)[O-])cc3)s2)cc1. The minimum absolute atomic E-state index is 0.0607. The van der Waals surface area contributed by atoms with E-state index >= 15 is 0 Å². The van der Waals surface area contributed by atoms with Crippen LogP contribution >= 0.6 is 23.1 Å². The molecule has 0 aliphatic carbocycles. The molecule has 0 bridgehead atoms. The lowest BCUT2D eigenvalue weighted by atomic mass is 10.1. The van der Waals surface area contributed by atoms with Crippen LogP contribution in [0.5, 0.6) is 0 Å². The summed E-state index contributed by atoms with van der Waals surface area (Å²) in [4.78, 5) is 22.8. The fourth-order valence-electron chi connectivity index (χ4n) is 2.28. The first-order valence-corrected chi connectivity index (χ1v) is 10.3. The fraction of sp³-hybridized carbons (Fsp3) is 0.158. The normalized spacial score (nSPS) is 10.5. The lowest BCUT2D eigenvalue weighted by molar-refractivity contribution is -0.255. The highest BCUT2D eigenvalue weighted by atomic mass is 32.2. The number of hydrogen-bond donors (Lipinski definition) is 2. The molecule has 1 heterocycles. The van der Waals surface area contributed by atoms with Crippen LogP contribution < -0.4 is 15.7 Å². The Balaban J connectivity index is 1.49. The van der Waals surface area contributed by atoms with Crippen LogP contribution in [0.3, 0.4) is 0 Å². The van der Waals surface area contributed by atoms with Crippen molar-refractivity contribution in [3.8, 4) is 0 Å². The highest BCUT2D eigenvalue weighted by Crippen LogP contribution is 2.27. The van der Waals surface area contributed by atoms with E-state index in [0.717, 1.165) is 12.1 Å². The molecule has 0 saturated carbocycles. The molecule has 0 aliphatic heterocycles. The maximum atomic E-state index is 12.0. The lowest BCUT2D eigenvalue weighted by Crippen LogP contribution is -2.22. The Labute approximate surface area is 170 Å². The molecule has 1 amide bonds. The van der Waals surface area contributed by atoms with Gasteiger partial charge in [0.1, 0.15) is 0 Å². The van der Waals surface area contributed by atoms with Gasteiger partial charge in [-0.3, -0.25) is 4.79 Å². The van der Waals surface area contributed by atoms with E-state index in [0.29, 0.717) is 15.2 Å². The Kier molecular flexibility index (Phi) is 6.62. The number of rotatable bonds is 8. The predicted octanol–water partition coefficient (Wildman–Crippen LogP) is 2.94. The number of anilines is 3. The number of carboxylic acids is 1. The van der Waals surface area contributed by atoms with Gasteiger partial charge in [0.2, 0.25) is 11.0 Å². The van der Waals surface area contributed by atoms with Gasteiger partial charge < -0.3 is 20.5 Å². The zero-order valence-electron chi connectivity index (χ0n) is 15.0. The molecule has 0 radical (unpaired) electrons. The highest BCUT2D eigenvalue weighted by Gasteiger charge is 2.09. The van der Waals surface area contributed by atoms with Crippen LogP contribution in [0.25, 0.3) is 0 Å². The first-order chi connectivity index (χ1) is 13.5. The number of aromatic carboxylic acids is 1. The van der Waals surface area contributed by atoms with E-state index in [-0.39, 0.29) is 17.2 Å². The van der Waals surface area contributed by atoms with Crippen molar-refractivity contribution in [1.29, 1.82) is 0 Å². The van der Waals surface area contributed by atoms with Gasteiger partial charge in [0, 0.05) is 11.4 Å². The van der Waals surface area contributed by atoms with E-state index in [1.54, 1.807) is 0 Å². The van der Waals surface area contributed by atoms with Gasteiger partial charge in [-0.1, -0.05) is 54.3 Å². The highest BCUT2D eigenvalue weighted by molar-refractivity contribution is 8.01. The summed E-state index contributed by atoms with van der Waals surface area (Å²) in [5.41, 5.74) is 2.78. The summed E-state index contributed by atoms with van der Waals surface area (Å²) in [6, 6.07) is 13.9. The summed E-state index contributed by atoms with van der Waals surface area (Å²) in [6.07, 6.45) is 0.989. The second kappa shape index (κ2) is 9.34. The van der Waals surface area contributed by atoms with Gasteiger partial charge in [-0.2, -0.15) is 0 Å². The van der Waals surface area contributed by atoms with Crippen molar-refractivity contribution in [1.82, 2.24) is 10.2 Å². The third kappa shape index (κ3) is 5.54. The largest absolute Gasteiger partial charge is 0.545 e. The maximum Gasteiger partial charge on any atom is 0.234 e. The second-order valence-corrected chi connectivity index (χ2v) is 7.95. The van der Waals surface area contributed by atoms with Gasteiger partial charge in [-0.05, 0) is 41.8 Å². The second-order valence-electron chi connectivity index (χ2n) is 5.75. The van der Waals surface area contributed by atoms with Crippen molar-refractivity contribution >= 4 is 51.5 Å². The Morgan fingerprint density at radius 3 is 2.36 bits per heavy atom. The van der Waals surface area contributed by atoms with Gasteiger partial charge in [-0.15, -0.1) is 10.2 Å². The number of amides is 1. The minimum atomic E-state index is -1.25. The monoisotopic (exact) mass is 413 g/mol.